The Hall–Kier alpha value is -1.10. The number of aromatic nitrogens is 1. The van der Waals surface area contributed by atoms with Crippen molar-refractivity contribution in [3.8, 4) is 0 Å². The van der Waals surface area contributed by atoms with Crippen molar-refractivity contribution >= 4 is 22.9 Å². The summed E-state index contributed by atoms with van der Waals surface area (Å²) in [6.07, 6.45) is 1.90. The van der Waals surface area contributed by atoms with Crippen molar-refractivity contribution < 1.29 is 0 Å². The number of para-hydroxylation sites is 1. The Morgan fingerprint density at radius 1 is 1.12 bits per heavy atom. The standard InChI is InChI=1S/C13H15N3S/c1-2-4-12-11(3-1)13(5-6-15-12)17-16-9-7-14-8-10-16/h1-6,14H,7-10H2. The molecule has 0 atom stereocenters. The summed E-state index contributed by atoms with van der Waals surface area (Å²) in [4.78, 5) is 5.69. The summed E-state index contributed by atoms with van der Waals surface area (Å²) in [6.45, 7) is 4.36. The predicted molar refractivity (Wildman–Crippen MR) is 72.0 cm³/mol. The fourth-order valence-electron chi connectivity index (χ4n) is 2.02. The second kappa shape index (κ2) is 5.04. The maximum atomic E-state index is 4.39. The summed E-state index contributed by atoms with van der Waals surface area (Å²) in [7, 11) is 0. The van der Waals surface area contributed by atoms with Crippen LogP contribution in [0, 0.1) is 0 Å². The van der Waals surface area contributed by atoms with Crippen LogP contribution in [-0.2, 0) is 0 Å². The number of hydrogen-bond donors (Lipinski definition) is 1. The van der Waals surface area contributed by atoms with Crippen LogP contribution in [0.5, 0.6) is 0 Å². The summed E-state index contributed by atoms with van der Waals surface area (Å²) in [5.41, 5.74) is 1.08. The maximum Gasteiger partial charge on any atom is 0.0713 e. The van der Waals surface area contributed by atoms with E-state index in [-0.39, 0.29) is 0 Å². The molecular formula is C13H15N3S. The van der Waals surface area contributed by atoms with E-state index in [9.17, 15) is 0 Å². The van der Waals surface area contributed by atoms with Crippen LogP contribution in [0.3, 0.4) is 0 Å². The Bertz CT molecular complexity index is 503. The Morgan fingerprint density at radius 2 is 1.94 bits per heavy atom. The number of hydrogen-bond acceptors (Lipinski definition) is 4. The van der Waals surface area contributed by atoms with Gasteiger partial charge in [-0.25, -0.2) is 4.31 Å². The largest absolute Gasteiger partial charge is 0.314 e. The van der Waals surface area contributed by atoms with Gasteiger partial charge in [0.15, 0.2) is 0 Å². The highest BCUT2D eigenvalue weighted by atomic mass is 32.2. The van der Waals surface area contributed by atoms with Gasteiger partial charge in [0.05, 0.1) is 5.52 Å². The van der Waals surface area contributed by atoms with Crippen LogP contribution < -0.4 is 5.32 Å². The highest BCUT2D eigenvalue weighted by molar-refractivity contribution is 7.97. The molecule has 0 saturated carbocycles. The van der Waals surface area contributed by atoms with E-state index in [1.807, 2.05) is 24.2 Å². The molecule has 17 heavy (non-hydrogen) atoms. The van der Waals surface area contributed by atoms with Gasteiger partial charge in [0.25, 0.3) is 0 Å². The molecule has 0 bridgehead atoms. The molecule has 0 spiro atoms. The minimum Gasteiger partial charge on any atom is -0.314 e. The zero-order valence-electron chi connectivity index (χ0n) is 9.60. The maximum absolute atomic E-state index is 4.39. The zero-order chi connectivity index (χ0) is 11.5. The molecule has 1 aromatic heterocycles. The predicted octanol–water partition coefficient (Wildman–Crippen LogP) is 2.15. The molecule has 4 heteroatoms. The molecule has 0 aliphatic carbocycles. The molecular weight excluding hydrogens is 230 g/mol. The fourth-order valence-corrected chi connectivity index (χ4v) is 3.06. The second-order valence-electron chi connectivity index (χ2n) is 4.10. The van der Waals surface area contributed by atoms with Gasteiger partial charge in [-0.05, 0) is 24.1 Å². The normalized spacial score (nSPS) is 17.4. The zero-order valence-corrected chi connectivity index (χ0v) is 10.4. The second-order valence-corrected chi connectivity index (χ2v) is 5.24. The molecule has 3 rings (SSSR count). The van der Waals surface area contributed by atoms with E-state index in [4.69, 9.17) is 0 Å². The summed E-state index contributed by atoms with van der Waals surface area (Å²) in [6, 6.07) is 10.4. The number of piperazine rings is 1. The third-order valence-corrected chi connectivity index (χ3v) is 4.09. The lowest BCUT2D eigenvalue weighted by atomic mass is 10.2. The number of fused-ring (bicyclic) bond motifs is 1. The molecule has 0 amide bonds. The minimum atomic E-state index is 1.08. The van der Waals surface area contributed by atoms with Gasteiger partial charge in [-0.1, -0.05) is 18.2 Å². The lowest BCUT2D eigenvalue weighted by Gasteiger charge is -2.26. The third-order valence-electron chi connectivity index (χ3n) is 2.91. The summed E-state index contributed by atoms with van der Waals surface area (Å²) < 4.78 is 2.41. The molecule has 3 nitrogen and oxygen atoms in total. The SMILES string of the molecule is c1ccc2c(SN3CCNCC3)ccnc2c1. The first-order valence-corrected chi connectivity index (χ1v) is 6.68. The molecule has 1 fully saturated rings. The summed E-state index contributed by atoms with van der Waals surface area (Å²) >= 11 is 1.85. The molecule has 1 saturated heterocycles. The van der Waals surface area contributed by atoms with Crippen molar-refractivity contribution in [3.05, 3.63) is 36.5 Å². The van der Waals surface area contributed by atoms with Crippen molar-refractivity contribution in [1.29, 1.82) is 0 Å². The van der Waals surface area contributed by atoms with Crippen LogP contribution in [0.15, 0.2) is 41.4 Å². The number of nitrogens with zero attached hydrogens (tertiary/aromatic N) is 2. The van der Waals surface area contributed by atoms with Crippen molar-refractivity contribution in [2.24, 2.45) is 0 Å². The monoisotopic (exact) mass is 245 g/mol. The van der Waals surface area contributed by atoms with E-state index in [0.29, 0.717) is 0 Å². The van der Waals surface area contributed by atoms with E-state index < -0.39 is 0 Å². The molecule has 88 valence electrons. The average molecular weight is 245 g/mol. The van der Waals surface area contributed by atoms with Crippen LogP contribution in [0.1, 0.15) is 0 Å². The smallest absolute Gasteiger partial charge is 0.0713 e. The van der Waals surface area contributed by atoms with Gasteiger partial charge in [-0.15, -0.1) is 0 Å². The molecule has 2 heterocycles. The Labute approximate surface area is 105 Å². The van der Waals surface area contributed by atoms with Crippen molar-refractivity contribution in [2.75, 3.05) is 26.2 Å². The fraction of sp³-hybridized carbons (Fsp3) is 0.308. The van der Waals surface area contributed by atoms with E-state index in [0.717, 1.165) is 31.7 Å². The van der Waals surface area contributed by atoms with Gasteiger partial charge in [-0.2, -0.15) is 0 Å². The van der Waals surface area contributed by atoms with Crippen LogP contribution in [0.4, 0.5) is 0 Å². The first-order valence-electron chi connectivity index (χ1n) is 5.91. The molecule has 1 N–H and O–H groups in total. The lowest BCUT2D eigenvalue weighted by molar-refractivity contribution is 0.396. The Kier molecular flexibility index (Phi) is 3.27. The van der Waals surface area contributed by atoms with Crippen LogP contribution in [0.2, 0.25) is 0 Å². The highest BCUT2D eigenvalue weighted by Crippen LogP contribution is 2.29. The van der Waals surface area contributed by atoms with Crippen molar-refractivity contribution in [1.82, 2.24) is 14.6 Å². The van der Waals surface area contributed by atoms with Gasteiger partial charge in [0, 0.05) is 42.7 Å². The first-order chi connectivity index (χ1) is 8.43. The van der Waals surface area contributed by atoms with E-state index in [2.05, 4.69) is 38.9 Å². The quantitative estimate of drug-likeness (QED) is 0.821. The topological polar surface area (TPSA) is 28.2 Å². The van der Waals surface area contributed by atoms with Gasteiger partial charge >= 0.3 is 0 Å². The first kappa shape index (κ1) is 11.0. The number of rotatable bonds is 2. The molecule has 1 aromatic carbocycles. The van der Waals surface area contributed by atoms with Crippen molar-refractivity contribution in [2.45, 2.75) is 4.90 Å². The van der Waals surface area contributed by atoms with Gasteiger partial charge in [0.2, 0.25) is 0 Å². The lowest BCUT2D eigenvalue weighted by Crippen LogP contribution is -2.39. The molecule has 1 aliphatic rings. The Morgan fingerprint density at radius 3 is 2.82 bits per heavy atom. The molecule has 0 radical (unpaired) electrons. The summed E-state index contributed by atoms with van der Waals surface area (Å²) in [5, 5.41) is 4.62. The third kappa shape index (κ3) is 2.44. The van der Waals surface area contributed by atoms with Gasteiger partial charge in [-0.3, -0.25) is 4.98 Å². The van der Waals surface area contributed by atoms with Crippen molar-refractivity contribution in [3.63, 3.8) is 0 Å². The van der Waals surface area contributed by atoms with E-state index >= 15 is 0 Å². The number of pyridine rings is 1. The number of nitrogens with one attached hydrogen (secondary N) is 1. The van der Waals surface area contributed by atoms with E-state index in [1.54, 1.807) is 0 Å². The van der Waals surface area contributed by atoms with E-state index in [1.165, 1.54) is 10.3 Å². The molecule has 0 unspecified atom stereocenters. The van der Waals surface area contributed by atoms with Gasteiger partial charge < -0.3 is 5.32 Å². The highest BCUT2D eigenvalue weighted by Gasteiger charge is 2.12. The van der Waals surface area contributed by atoms with Gasteiger partial charge in [0.1, 0.15) is 0 Å². The summed E-state index contributed by atoms with van der Waals surface area (Å²) in [5.74, 6) is 0. The minimum absolute atomic E-state index is 1.08. The van der Waals surface area contributed by atoms with Crippen LogP contribution in [-0.4, -0.2) is 35.5 Å². The van der Waals surface area contributed by atoms with Crippen LogP contribution in [0.25, 0.3) is 10.9 Å². The van der Waals surface area contributed by atoms with Crippen LogP contribution >= 0.6 is 11.9 Å². The average Bonchev–Trinajstić information content (AvgIpc) is 2.40. The number of benzene rings is 1. The molecule has 2 aromatic rings. The Balaban J connectivity index is 1.89. The molecule has 1 aliphatic heterocycles.